The van der Waals surface area contributed by atoms with E-state index in [2.05, 4.69) is 30.4 Å². The molecule has 2 aliphatic rings. The van der Waals surface area contributed by atoms with Gasteiger partial charge in [-0.1, -0.05) is 24.5 Å². The quantitative estimate of drug-likeness (QED) is 0.779. The molecule has 0 radical (unpaired) electrons. The van der Waals surface area contributed by atoms with Crippen molar-refractivity contribution in [3.63, 3.8) is 0 Å². The zero-order valence-electron chi connectivity index (χ0n) is 12.0. The van der Waals surface area contributed by atoms with Crippen LogP contribution in [0.3, 0.4) is 0 Å². The van der Waals surface area contributed by atoms with Gasteiger partial charge in [-0.2, -0.15) is 0 Å². The summed E-state index contributed by atoms with van der Waals surface area (Å²) in [5.74, 6) is 0. The van der Waals surface area contributed by atoms with Crippen LogP contribution in [0.4, 0.5) is 0 Å². The molecule has 1 aliphatic heterocycles. The van der Waals surface area contributed by atoms with Crippen molar-refractivity contribution in [3.05, 3.63) is 11.6 Å². The molecule has 1 saturated heterocycles. The highest BCUT2D eigenvalue weighted by Crippen LogP contribution is 2.23. The Morgan fingerprint density at radius 2 is 2.17 bits per heavy atom. The van der Waals surface area contributed by atoms with Crippen molar-refractivity contribution in [2.75, 3.05) is 33.8 Å². The number of likely N-dealkylation sites (N-methyl/N-ethyl adjacent to an activating group) is 2. The Bertz CT molecular complexity index is 278. The molecule has 3 heteroatoms. The molecule has 1 aliphatic carbocycles. The molecule has 2 unspecified atom stereocenters. The molecule has 0 aromatic rings. The summed E-state index contributed by atoms with van der Waals surface area (Å²) in [6.07, 6.45) is 10.8. The third-order valence-electron chi connectivity index (χ3n) is 4.20. The first-order chi connectivity index (χ1) is 8.81. The third kappa shape index (κ3) is 3.81. The minimum Gasteiger partial charge on any atom is -0.374 e. The van der Waals surface area contributed by atoms with Gasteiger partial charge in [0.1, 0.15) is 0 Å². The number of hydrogen-bond acceptors (Lipinski definition) is 3. The summed E-state index contributed by atoms with van der Waals surface area (Å²) in [5.41, 5.74) is 1.58. The Labute approximate surface area is 112 Å². The van der Waals surface area contributed by atoms with E-state index in [9.17, 15) is 0 Å². The van der Waals surface area contributed by atoms with Crippen molar-refractivity contribution in [1.82, 2.24) is 10.2 Å². The predicted octanol–water partition coefficient (Wildman–Crippen LogP) is 2.19. The summed E-state index contributed by atoms with van der Waals surface area (Å²) in [5, 5.41) is 3.49. The van der Waals surface area contributed by atoms with Gasteiger partial charge in [-0.05, 0) is 39.8 Å². The molecule has 0 amide bonds. The number of rotatable bonds is 3. The maximum Gasteiger partial charge on any atom is 0.0893 e. The molecule has 0 saturated carbocycles. The topological polar surface area (TPSA) is 24.5 Å². The lowest BCUT2D eigenvalue weighted by Crippen LogP contribution is -2.51. The maximum atomic E-state index is 5.98. The zero-order chi connectivity index (χ0) is 12.8. The molecule has 1 heterocycles. The Kier molecular flexibility index (Phi) is 5.67. The second kappa shape index (κ2) is 7.27. The molecule has 0 spiro atoms. The highest BCUT2D eigenvalue weighted by Gasteiger charge is 2.28. The highest BCUT2D eigenvalue weighted by molar-refractivity contribution is 5.14. The number of nitrogens with one attached hydrogen (secondary N) is 1. The van der Waals surface area contributed by atoms with Gasteiger partial charge in [0.2, 0.25) is 0 Å². The fraction of sp³-hybridized carbons (Fsp3) is 0.867. The van der Waals surface area contributed by atoms with Crippen LogP contribution in [0.1, 0.15) is 38.5 Å². The lowest BCUT2D eigenvalue weighted by Gasteiger charge is -2.36. The molecule has 0 aromatic heterocycles. The van der Waals surface area contributed by atoms with Crippen LogP contribution in [0, 0.1) is 0 Å². The normalized spacial score (nSPS) is 29.2. The summed E-state index contributed by atoms with van der Waals surface area (Å²) < 4.78 is 5.98. The molecule has 0 bridgehead atoms. The van der Waals surface area contributed by atoms with Crippen molar-refractivity contribution in [1.29, 1.82) is 0 Å². The van der Waals surface area contributed by atoms with E-state index in [0.717, 1.165) is 19.7 Å². The molecule has 18 heavy (non-hydrogen) atoms. The fourth-order valence-electron chi connectivity index (χ4n) is 3.12. The first kappa shape index (κ1) is 14.0. The standard InChI is InChI=1S/C15H28N2O/c1-16-15(14-12-17(2)10-11-18-14)13-8-6-4-3-5-7-9-13/h8,14-16H,3-7,9-12H2,1-2H3. The largest absolute Gasteiger partial charge is 0.374 e. The van der Waals surface area contributed by atoms with Crippen LogP contribution in [0.25, 0.3) is 0 Å². The minimum absolute atomic E-state index is 0.319. The summed E-state index contributed by atoms with van der Waals surface area (Å²) in [7, 11) is 4.26. The first-order valence-electron chi connectivity index (χ1n) is 7.47. The highest BCUT2D eigenvalue weighted by atomic mass is 16.5. The number of morpholine rings is 1. The SMILES string of the molecule is CNC(C1=CCCCCCC1)C1CN(C)CCO1. The summed E-state index contributed by atoms with van der Waals surface area (Å²) in [6.45, 7) is 2.97. The fourth-order valence-corrected chi connectivity index (χ4v) is 3.12. The Morgan fingerprint density at radius 3 is 2.94 bits per heavy atom. The van der Waals surface area contributed by atoms with Crippen molar-refractivity contribution in [2.45, 2.75) is 50.7 Å². The third-order valence-corrected chi connectivity index (χ3v) is 4.20. The van der Waals surface area contributed by atoms with E-state index in [-0.39, 0.29) is 0 Å². The Hall–Kier alpha value is -0.380. The molecule has 1 fully saturated rings. The van der Waals surface area contributed by atoms with Crippen molar-refractivity contribution in [2.24, 2.45) is 0 Å². The van der Waals surface area contributed by atoms with E-state index < -0.39 is 0 Å². The van der Waals surface area contributed by atoms with Crippen LogP contribution >= 0.6 is 0 Å². The molecule has 2 rings (SSSR count). The van der Waals surface area contributed by atoms with Crippen LogP contribution in [-0.4, -0.2) is 50.8 Å². The number of hydrogen-bond donors (Lipinski definition) is 1. The van der Waals surface area contributed by atoms with Crippen LogP contribution in [-0.2, 0) is 4.74 Å². The lowest BCUT2D eigenvalue weighted by atomic mass is 9.91. The Morgan fingerprint density at radius 1 is 1.33 bits per heavy atom. The molecule has 0 aromatic carbocycles. The predicted molar refractivity (Wildman–Crippen MR) is 75.9 cm³/mol. The molecule has 3 nitrogen and oxygen atoms in total. The van der Waals surface area contributed by atoms with Crippen molar-refractivity contribution >= 4 is 0 Å². The molecule has 2 atom stereocenters. The van der Waals surface area contributed by atoms with E-state index in [1.165, 1.54) is 38.5 Å². The zero-order valence-corrected chi connectivity index (χ0v) is 12.0. The molecule has 1 N–H and O–H groups in total. The van der Waals surface area contributed by atoms with E-state index in [1.54, 1.807) is 5.57 Å². The second-order valence-corrected chi connectivity index (χ2v) is 5.67. The second-order valence-electron chi connectivity index (χ2n) is 5.67. The molecule has 104 valence electrons. The average Bonchev–Trinajstić information content (AvgIpc) is 2.32. The first-order valence-corrected chi connectivity index (χ1v) is 7.47. The van der Waals surface area contributed by atoms with E-state index >= 15 is 0 Å². The summed E-state index contributed by atoms with van der Waals surface area (Å²) >= 11 is 0. The van der Waals surface area contributed by atoms with Crippen LogP contribution in [0.15, 0.2) is 11.6 Å². The van der Waals surface area contributed by atoms with Crippen LogP contribution in [0.5, 0.6) is 0 Å². The molecular weight excluding hydrogens is 224 g/mol. The molecular formula is C15H28N2O. The van der Waals surface area contributed by atoms with Gasteiger partial charge >= 0.3 is 0 Å². The monoisotopic (exact) mass is 252 g/mol. The number of nitrogens with zero attached hydrogens (tertiary/aromatic N) is 1. The van der Waals surface area contributed by atoms with Gasteiger partial charge in [-0.25, -0.2) is 0 Å². The number of ether oxygens (including phenoxy) is 1. The van der Waals surface area contributed by atoms with E-state index in [4.69, 9.17) is 4.74 Å². The van der Waals surface area contributed by atoms with Gasteiger partial charge in [-0.3, -0.25) is 0 Å². The van der Waals surface area contributed by atoms with Gasteiger partial charge in [0.25, 0.3) is 0 Å². The van der Waals surface area contributed by atoms with Crippen molar-refractivity contribution < 1.29 is 4.74 Å². The van der Waals surface area contributed by atoms with Crippen LogP contribution in [0.2, 0.25) is 0 Å². The van der Waals surface area contributed by atoms with Crippen molar-refractivity contribution in [3.8, 4) is 0 Å². The number of allylic oxidation sites excluding steroid dienone is 1. The van der Waals surface area contributed by atoms with Gasteiger partial charge in [-0.15, -0.1) is 0 Å². The minimum atomic E-state index is 0.319. The summed E-state index contributed by atoms with van der Waals surface area (Å²) in [4.78, 5) is 2.38. The van der Waals surface area contributed by atoms with E-state index in [0.29, 0.717) is 12.1 Å². The van der Waals surface area contributed by atoms with Gasteiger partial charge in [0, 0.05) is 13.1 Å². The smallest absolute Gasteiger partial charge is 0.0893 e. The lowest BCUT2D eigenvalue weighted by molar-refractivity contribution is -0.0317. The van der Waals surface area contributed by atoms with Crippen LogP contribution < -0.4 is 5.32 Å². The summed E-state index contributed by atoms with van der Waals surface area (Å²) in [6, 6.07) is 0.408. The van der Waals surface area contributed by atoms with Gasteiger partial charge in [0.05, 0.1) is 18.8 Å². The maximum absolute atomic E-state index is 5.98. The average molecular weight is 252 g/mol. The van der Waals surface area contributed by atoms with Gasteiger partial charge in [0.15, 0.2) is 0 Å². The van der Waals surface area contributed by atoms with E-state index in [1.807, 2.05) is 0 Å². The Balaban J connectivity index is 2.01. The van der Waals surface area contributed by atoms with Gasteiger partial charge < -0.3 is 15.0 Å².